The van der Waals surface area contributed by atoms with Crippen LogP contribution >= 0.6 is 0 Å². The number of anilines is 1. The quantitative estimate of drug-likeness (QED) is 0.454. The number of nitro groups is 1. The van der Waals surface area contributed by atoms with Crippen molar-refractivity contribution in [3.05, 3.63) is 58.0 Å². The summed E-state index contributed by atoms with van der Waals surface area (Å²) in [5.74, 6) is 6.54. The summed E-state index contributed by atoms with van der Waals surface area (Å²) in [5.41, 5.74) is 1.96. The number of piperidine rings is 1. The molecule has 0 bridgehead atoms. The van der Waals surface area contributed by atoms with Crippen molar-refractivity contribution >= 4 is 17.2 Å². The molecule has 0 aliphatic carbocycles. The molecule has 0 atom stereocenters. The number of hydrogen-bond donors (Lipinski definition) is 0. The maximum atomic E-state index is 11.3. The molecule has 2 aliphatic rings. The monoisotopic (exact) mass is 377 g/mol. The van der Waals surface area contributed by atoms with Crippen LogP contribution in [0.4, 0.5) is 11.5 Å². The number of aromatic nitrogens is 2. The molecule has 0 saturated carbocycles. The van der Waals surface area contributed by atoms with Crippen molar-refractivity contribution in [3.8, 4) is 11.8 Å². The first-order chi connectivity index (χ1) is 13.5. The van der Waals surface area contributed by atoms with Gasteiger partial charge in [0.2, 0.25) is 5.82 Å². The summed E-state index contributed by atoms with van der Waals surface area (Å²) in [6.07, 6.45) is 5.48. The minimum Gasteiger partial charge on any atom is -0.388 e. The molecule has 2 aromatic rings. The van der Waals surface area contributed by atoms with Crippen LogP contribution in [0, 0.1) is 28.9 Å². The van der Waals surface area contributed by atoms with E-state index in [0.29, 0.717) is 38.2 Å². The second-order valence-electron chi connectivity index (χ2n) is 7.02. The van der Waals surface area contributed by atoms with Gasteiger partial charge in [0.15, 0.2) is 0 Å². The fourth-order valence-corrected chi connectivity index (χ4v) is 3.47. The lowest BCUT2D eigenvalue weighted by molar-refractivity contribution is -0.384. The summed E-state index contributed by atoms with van der Waals surface area (Å²) in [6.45, 7) is 3.08. The normalized spacial score (nSPS) is 17.5. The smallest absolute Gasteiger partial charge is 0.311 e. The Hall–Kier alpha value is -3.47. The van der Waals surface area contributed by atoms with Gasteiger partial charge in [-0.05, 0) is 31.0 Å². The SMILES string of the molecule is Cc1ccc([N+](=O)[O-])c(N2CCC3(CC2)CC(C#Cc2cccnc2)=NO3)n1. The van der Waals surface area contributed by atoms with Gasteiger partial charge in [0, 0.05) is 62.1 Å². The molecule has 142 valence electrons. The minimum absolute atomic E-state index is 0.0353. The number of pyridine rings is 2. The highest BCUT2D eigenvalue weighted by Crippen LogP contribution is 2.37. The molecular weight excluding hydrogens is 358 g/mol. The van der Waals surface area contributed by atoms with Gasteiger partial charge in [-0.25, -0.2) is 4.98 Å². The van der Waals surface area contributed by atoms with Crippen LogP contribution < -0.4 is 4.90 Å². The van der Waals surface area contributed by atoms with E-state index >= 15 is 0 Å². The molecule has 1 spiro atoms. The molecule has 28 heavy (non-hydrogen) atoms. The number of hydrogen-bond acceptors (Lipinski definition) is 7. The average molecular weight is 377 g/mol. The van der Waals surface area contributed by atoms with E-state index in [9.17, 15) is 10.1 Å². The lowest BCUT2D eigenvalue weighted by Crippen LogP contribution is -2.45. The van der Waals surface area contributed by atoms with E-state index in [1.165, 1.54) is 6.07 Å². The van der Waals surface area contributed by atoms with Crippen LogP contribution in [0.3, 0.4) is 0 Å². The highest BCUT2D eigenvalue weighted by Gasteiger charge is 2.42. The van der Waals surface area contributed by atoms with Gasteiger partial charge in [0.25, 0.3) is 0 Å². The average Bonchev–Trinajstić information content (AvgIpc) is 3.10. The number of aryl methyl sites for hydroxylation is 1. The van der Waals surface area contributed by atoms with E-state index in [2.05, 4.69) is 27.0 Å². The fourth-order valence-electron chi connectivity index (χ4n) is 3.47. The molecule has 0 unspecified atom stereocenters. The Morgan fingerprint density at radius 2 is 2.07 bits per heavy atom. The van der Waals surface area contributed by atoms with E-state index in [0.717, 1.165) is 17.0 Å². The van der Waals surface area contributed by atoms with Gasteiger partial charge in [-0.1, -0.05) is 11.1 Å². The van der Waals surface area contributed by atoms with E-state index in [1.54, 1.807) is 18.5 Å². The zero-order chi connectivity index (χ0) is 19.6. The molecule has 2 aliphatic heterocycles. The van der Waals surface area contributed by atoms with Crippen molar-refractivity contribution in [1.82, 2.24) is 9.97 Å². The first-order valence-electron chi connectivity index (χ1n) is 9.09. The van der Waals surface area contributed by atoms with Crippen LogP contribution in [0.2, 0.25) is 0 Å². The number of rotatable bonds is 2. The maximum Gasteiger partial charge on any atom is 0.311 e. The molecule has 0 radical (unpaired) electrons. The minimum atomic E-state index is -0.381. The van der Waals surface area contributed by atoms with Crippen molar-refractivity contribution < 1.29 is 9.76 Å². The molecule has 4 heterocycles. The van der Waals surface area contributed by atoms with Gasteiger partial charge in [-0.3, -0.25) is 15.1 Å². The number of nitrogens with zero attached hydrogens (tertiary/aromatic N) is 5. The van der Waals surface area contributed by atoms with Crippen LogP contribution in [0.5, 0.6) is 0 Å². The third-order valence-electron chi connectivity index (χ3n) is 5.02. The second-order valence-corrected chi connectivity index (χ2v) is 7.02. The Labute approximate surface area is 162 Å². The van der Waals surface area contributed by atoms with Gasteiger partial charge in [-0.2, -0.15) is 0 Å². The lowest BCUT2D eigenvalue weighted by Gasteiger charge is -2.37. The van der Waals surface area contributed by atoms with Crippen LogP contribution in [-0.2, 0) is 4.84 Å². The zero-order valence-corrected chi connectivity index (χ0v) is 15.5. The summed E-state index contributed by atoms with van der Waals surface area (Å²) in [6, 6.07) is 6.91. The summed E-state index contributed by atoms with van der Waals surface area (Å²) in [4.78, 5) is 27.1. The molecule has 2 aromatic heterocycles. The Morgan fingerprint density at radius 3 is 2.79 bits per heavy atom. The van der Waals surface area contributed by atoms with Crippen molar-refractivity contribution in [2.45, 2.75) is 31.8 Å². The summed E-state index contributed by atoms with van der Waals surface area (Å²) in [7, 11) is 0. The van der Waals surface area contributed by atoms with Gasteiger partial charge in [0.1, 0.15) is 11.3 Å². The lowest BCUT2D eigenvalue weighted by atomic mass is 9.87. The molecule has 0 amide bonds. The Bertz CT molecular complexity index is 986. The molecule has 0 N–H and O–H groups in total. The molecule has 1 saturated heterocycles. The fraction of sp³-hybridized carbons (Fsp3) is 0.350. The zero-order valence-electron chi connectivity index (χ0n) is 15.5. The Balaban J connectivity index is 1.42. The molecule has 1 fully saturated rings. The van der Waals surface area contributed by atoms with E-state index in [-0.39, 0.29) is 16.2 Å². The maximum absolute atomic E-state index is 11.3. The Morgan fingerprint density at radius 1 is 1.25 bits per heavy atom. The standard InChI is InChI=1S/C20H19N5O3/c1-15-4-7-18(25(26)27)19(22-15)24-11-8-20(9-12-24)13-17(23-28-20)6-5-16-3-2-10-21-14-16/h2-4,7,10,14H,8-9,11-13H2,1H3. The third-order valence-corrected chi connectivity index (χ3v) is 5.02. The summed E-state index contributed by atoms with van der Waals surface area (Å²) >= 11 is 0. The molecule has 4 rings (SSSR count). The Kier molecular flexibility index (Phi) is 4.65. The second kappa shape index (κ2) is 7.27. The predicted octanol–water partition coefficient (Wildman–Crippen LogP) is 2.86. The molecule has 0 aromatic carbocycles. The largest absolute Gasteiger partial charge is 0.388 e. The van der Waals surface area contributed by atoms with Crippen LogP contribution in [0.25, 0.3) is 0 Å². The highest BCUT2D eigenvalue weighted by molar-refractivity contribution is 6.01. The summed E-state index contributed by atoms with van der Waals surface area (Å²) < 4.78 is 0. The molecule has 8 heteroatoms. The van der Waals surface area contributed by atoms with Gasteiger partial charge in [-0.15, -0.1) is 0 Å². The van der Waals surface area contributed by atoms with E-state index < -0.39 is 0 Å². The third kappa shape index (κ3) is 3.64. The van der Waals surface area contributed by atoms with Crippen molar-refractivity contribution in [2.24, 2.45) is 5.16 Å². The molecule has 8 nitrogen and oxygen atoms in total. The van der Waals surface area contributed by atoms with Crippen molar-refractivity contribution in [1.29, 1.82) is 0 Å². The van der Waals surface area contributed by atoms with E-state index in [1.807, 2.05) is 24.0 Å². The van der Waals surface area contributed by atoms with Gasteiger partial charge in [0.05, 0.1) is 4.92 Å². The van der Waals surface area contributed by atoms with E-state index in [4.69, 9.17) is 4.84 Å². The van der Waals surface area contributed by atoms with Crippen LogP contribution in [0.1, 0.15) is 30.5 Å². The molecular formula is C20H19N5O3. The first-order valence-corrected chi connectivity index (χ1v) is 9.09. The van der Waals surface area contributed by atoms with Crippen LogP contribution in [-0.4, -0.2) is 39.3 Å². The highest BCUT2D eigenvalue weighted by atomic mass is 16.7. The first kappa shape index (κ1) is 17.9. The van der Waals surface area contributed by atoms with Crippen molar-refractivity contribution in [3.63, 3.8) is 0 Å². The topological polar surface area (TPSA) is 93.8 Å². The number of oxime groups is 1. The van der Waals surface area contributed by atoms with Gasteiger partial charge >= 0.3 is 5.69 Å². The predicted molar refractivity (Wildman–Crippen MR) is 104 cm³/mol. The van der Waals surface area contributed by atoms with Crippen LogP contribution in [0.15, 0.2) is 41.8 Å². The van der Waals surface area contributed by atoms with Gasteiger partial charge < -0.3 is 9.74 Å². The van der Waals surface area contributed by atoms with Crippen molar-refractivity contribution in [2.75, 3.05) is 18.0 Å². The summed E-state index contributed by atoms with van der Waals surface area (Å²) in [5, 5.41) is 15.5.